The number of hydrogen-bond acceptors (Lipinski definition) is 6. The highest BCUT2D eigenvalue weighted by molar-refractivity contribution is 5.35. The summed E-state index contributed by atoms with van der Waals surface area (Å²) in [5.41, 5.74) is 1.09. The Morgan fingerprint density at radius 1 is 0.900 bits per heavy atom. The molecule has 0 aliphatic heterocycles. The Bertz CT molecular complexity index is 536. The molecule has 0 unspecified atom stereocenters. The highest BCUT2D eigenvalue weighted by Gasteiger charge is 2.05. The van der Waals surface area contributed by atoms with E-state index in [4.69, 9.17) is 14.2 Å². The second-order valence-electron chi connectivity index (χ2n) is 3.98. The number of anilines is 1. The van der Waals surface area contributed by atoms with Gasteiger partial charge in [0, 0.05) is 6.54 Å². The molecule has 6 heteroatoms. The number of ether oxygens (including phenoxy) is 3. The molecule has 20 heavy (non-hydrogen) atoms. The molecule has 0 amide bonds. The summed E-state index contributed by atoms with van der Waals surface area (Å²) in [6.07, 6.45) is 0. The maximum atomic E-state index is 5.11. The van der Waals surface area contributed by atoms with E-state index in [-0.39, 0.29) is 0 Å². The molecular weight excluding hydrogens is 258 g/mol. The van der Waals surface area contributed by atoms with Crippen molar-refractivity contribution in [3.8, 4) is 17.5 Å². The Kier molecular flexibility index (Phi) is 4.60. The zero-order chi connectivity index (χ0) is 14.4. The van der Waals surface area contributed by atoms with Crippen molar-refractivity contribution in [3.05, 3.63) is 35.9 Å². The maximum Gasteiger partial charge on any atom is 0.229 e. The van der Waals surface area contributed by atoms with Gasteiger partial charge in [0.2, 0.25) is 17.7 Å². The van der Waals surface area contributed by atoms with E-state index in [0.29, 0.717) is 24.3 Å². The van der Waals surface area contributed by atoms with Gasteiger partial charge in [-0.3, -0.25) is 0 Å². The van der Waals surface area contributed by atoms with E-state index in [2.05, 4.69) is 15.3 Å². The summed E-state index contributed by atoms with van der Waals surface area (Å²) in [7, 11) is 4.74. The molecule has 0 spiro atoms. The zero-order valence-electron chi connectivity index (χ0n) is 11.7. The third-order valence-corrected chi connectivity index (χ3v) is 2.71. The van der Waals surface area contributed by atoms with E-state index in [9.17, 15) is 0 Å². The standard InChI is InChI=1S/C14H17N3O3/c1-18-11-6-4-10(5-7-11)9-15-14-16-12(19-2)8-13(17-14)20-3/h4-8H,9H2,1-3H3,(H,15,16,17). The molecule has 106 valence electrons. The summed E-state index contributed by atoms with van der Waals surface area (Å²) < 4.78 is 15.3. The number of nitrogens with zero attached hydrogens (tertiary/aromatic N) is 2. The van der Waals surface area contributed by atoms with Crippen LogP contribution in [-0.2, 0) is 6.54 Å². The van der Waals surface area contributed by atoms with Crippen LogP contribution in [0.1, 0.15) is 5.56 Å². The van der Waals surface area contributed by atoms with Gasteiger partial charge in [-0.25, -0.2) is 0 Å². The van der Waals surface area contributed by atoms with Crippen LogP contribution in [0.2, 0.25) is 0 Å². The molecule has 0 bridgehead atoms. The van der Waals surface area contributed by atoms with Gasteiger partial charge in [0.25, 0.3) is 0 Å². The van der Waals surface area contributed by atoms with Gasteiger partial charge in [-0.05, 0) is 17.7 Å². The molecule has 6 nitrogen and oxygen atoms in total. The first kappa shape index (κ1) is 13.9. The van der Waals surface area contributed by atoms with Crippen molar-refractivity contribution >= 4 is 5.95 Å². The van der Waals surface area contributed by atoms with Crippen LogP contribution in [0.25, 0.3) is 0 Å². The Balaban J connectivity index is 2.05. The topological polar surface area (TPSA) is 65.5 Å². The normalized spacial score (nSPS) is 9.95. The molecule has 0 aliphatic rings. The SMILES string of the molecule is COc1ccc(CNc2nc(OC)cc(OC)n2)cc1. The third-order valence-electron chi connectivity index (χ3n) is 2.71. The van der Waals surface area contributed by atoms with E-state index < -0.39 is 0 Å². The average Bonchev–Trinajstić information content (AvgIpc) is 2.53. The monoisotopic (exact) mass is 275 g/mol. The van der Waals surface area contributed by atoms with Gasteiger partial charge < -0.3 is 19.5 Å². The van der Waals surface area contributed by atoms with E-state index in [1.165, 1.54) is 0 Å². The molecule has 1 aromatic heterocycles. The van der Waals surface area contributed by atoms with Crippen molar-refractivity contribution in [3.63, 3.8) is 0 Å². The van der Waals surface area contributed by atoms with Crippen molar-refractivity contribution in [2.45, 2.75) is 6.54 Å². The lowest BCUT2D eigenvalue weighted by atomic mass is 10.2. The number of rotatable bonds is 6. The van der Waals surface area contributed by atoms with Gasteiger partial charge >= 0.3 is 0 Å². The predicted octanol–water partition coefficient (Wildman–Crippen LogP) is 2.11. The van der Waals surface area contributed by atoms with Crippen molar-refractivity contribution in [1.82, 2.24) is 9.97 Å². The number of methoxy groups -OCH3 is 3. The van der Waals surface area contributed by atoms with Gasteiger partial charge in [-0.1, -0.05) is 12.1 Å². The fourth-order valence-electron chi connectivity index (χ4n) is 1.62. The molecule has 1 heterocycles. The Hall–Kier alpha value is -2.50. The second kappa shape index (κ2) is 6.60. The number of nitrogens with one attached hydrogen (secondary N) is 1. The quantitative estimate of drug-likeness (QED) is 0.871. The van der Waals surface area contributed by atoms with Crippen molar-refractivity contribution in [2.75, 3.05) is 26.6 Å². The van der Waals surface area contributed by atoms with Crippen LogP contribution in [0.3, 0.4) is 0 Å². The van der Waals surface area contributed by atoms with Crippen molar-refractivity contribution in [2.24, 2.45) is 0 Å². The smallest absolute Gasteiger partial charge is 0.229 e. The van der Waals surface area contributed by atoms with Crippen LogP contribution in [0, 0.1) is 0 Å². The van der Waals surface area contributed by atoms with E-state index in [0.717, 1.165) is 11.3 Å². The highest BCUT2D eigenvalue weighted by Crippen LogP contribution is 2.18. The van der Waals surface area contributed by atoms with Crippen LogP contribution < -0.4 is 19.5 Å². The molecule has 0 saturated heterocycles. The summed E-state index contributed by atoms with van der Waals surface area (Å²) in [5.74, 6) is 2.19. The first-order valence-electron chi connectivity index (χ1n) is 6.09. The van der Waals surface area contributed by atoms with E-state index in [1.807, 2.05) is 24.3 Å². The van der Waals surface area contributed by atoms with Gasteiger partial charge in [-0.2, -0.15) is 9.97 Å². The van der Waals surface area contributed by atoms with Gasteiger partial charge in [-0.15, -0.1) is 0 Å². The molecule has 1 aromatic carbocycles. The van der Waals surface area contributed by atoms with Crippen LogP contribution in [0.15, 0.2) is 30.3 Å². The number of benzene rings is 1. The molecule has 0 atom stereocenters. The number of hydrogen-bond donors (Lipinski definition) is 1. The Morgan fingerprint density at radius 2 is 1.50 bits per heavy atom. The first-order chi connectivity index (χ1) is 9.75. The minimum atomic E-state index is 0.453. The fraction of sp³-hybridized carbons (Fsp3) is 0.286. The summed E-state index contributed by atoms with van der Waals surface area (Å²) >= 11 is 0. The van der Waals surface area contributed by atoms with Gasteiger partial charge in [0.05, 0.1) is 27.4 Å². The van der Waals surface area contributed by atoms with Crippen LogP contribution in [-0.4, -0.2) is 31.3 Å². The second-order valence-corrected chi connectivity index (χ2v) is 3.98. The summed E-state index contributed by atoms with van der Waals surface area (Å²) in [4.78, 5) is 8.40. The van der Waals surface area contributed by atoms with Crippen LogP contribution in [0.5, 0.6) is 17.5 Å². The third kappa shape index (κ3) is 3.50. The largest absolute Gasteiger partial charge is 0.497 e. The van der Waals surface area contributed by atoms with E-state index in [1.54, 1.807) is 27.4 Å². The lowest BCUT2D eigenvalue weighted by Crippen LogP contribution is -2.05. The molecule has 2 aromatic rings. The van der Waals surface area contributed by atoms with Crippen LogP contribution in [0.4, 0.5) is 5.95 Å². The predicted molar refractivity (Wildman–Crippen MR) is 75.5 cm³/mol. The summed E-state index contributed by atoms with van der Waals surface area (Å²) in [5, 5.41) is 3.12. The number of aromatic nitrogens is 2. The molecule has 0 fully saturated rings. The summed E-state index contributed by atoms with van der Waals surface area (Å²) in [6, 6.07) is 9.39. The molecular formula is C14H17N3O3. The minimum Gasteiger partial charge on any atom is -0.497 e. The average molecular weight is 275 g/mol. The minimum absolute atomic E-state index is 0.453. The highest BCUT2D eigenvalue weighted by atomic mass is 16.5. The molecule has 2 rings (SSSR count). The molecule has 0 aliphatic carbocycles. The van der Waals surface area contributed by atoms with Crippen LogP contribution >= 0.6 is 0 Å². The lowest BCUT2D eigenvalue weighted by Gasteiger charge is -2.08. The fourth-order valence-corrected chi connectivity index (χ4v) is 1.62. The van der Waals surface area contributed by atoms with Crippen molar-refractivity contribution < 1.29 is 14.2 Å². The van der Waals surface area contributed by atoms with E-state index >= 15 is 0 Å². The summed E-state index contributed by atoms with van der Waals surface area (Å²) in [6.45, 7) is 0.598. The van der Waals surface area contributed by atoms with Crippen molar-refractivity contribution in [1.29, 1.82) is 0 Å². The molecule has 0 radical (unpaired) electrons. The first-order valence-corrected chi connectivity index (χ1v) is 6.09. The van der Waals surface area contributed by atoms with Gasteiger partial charge in [0.1, 0.15) is 5.75 Å². The maximum absolute atomic E-state index is 5.11. The lowest BCUT2D eigenvalue weighted by molar-refractivity contribution is 0.373. The molecule has 1 N–H and O–H groups in total. The zero-order valence-corrected chi connectivity index (χ0v) is 11.7. The van der Waals surface area contributed by atoms with Gasteiger partial charge in [0.15, 0.2) is 0 Å². The Labute approximate surface area is 117 Å². The Morgan fingerprint density at radius 3 is 2.00 bits per heavy atom. The molecule has 0 saturated carbocycles.